The lowest BCUT2D eigenvalue weighted by molar-refractivity contribution is -0.125. The molecule has 0 aliphatic heterocycles. The molecule has 1 aromatic heterocycles. The van der Waals surface area contributed by atoms with Crippen molar-refractivity contribution in [3.63, 3.8) is 0 Å². The Kier molecular flexibility index (Phi) is 6.46. The fraction of sp³-hybridized carbons (Fsp3) is 0.136. The van der Waals surface area contributed by atoms with E-state index in [2.05, 4.69) is 10.3 Å². The van der Waals surface area contributed by atoms with Crippen LogP contribution < -0.4 is 10.1 Å². The van der Waals surface area contributed by atoms with E-state index in [9.17, 15) is 9.59 Å². The highest BCUT2D eigenvalue weighted by atomic mass is 35.5. The van der Waals surface area contributed by atoms with Gasteiger partial charge in [0.15, 0.2) is 0 Å². The van der Waals surface area contributed by atoms with Crippen molar-refractivity contribution in [2.24, 2.45) is 0 Å². The van der Waals surface area contributed by atoms with Gasteiger partial charge in [0.05, 0.1) is 18.4 Å². The summed E-state index contributed by atoms with van der Waals surface area (Å²) in [6, 6.07) is 17.2. The predicted molar refractivity (Wildman–Crippen MR) is 110 cm³/mol. The van der Waals surface area contributed by atoms with Crippen LogP contribution in [0.3, 0.4) is 0 Å². The predicted octanol–water partition coefficient (Wildman–Crippen LogP) is 4.59. The molecular formula is C22H19ClN2O4. The van der Waals surface area contributed by atoms with Gasteiger partial charge in [0.2, 0.25) is 6.10 Å². The molecule has 0 spiro atoms. The van der Waals surface area contributed by atoms with Gasteiger partial charge in [-0.3, -0.25) is 4.79 Å². The number of hydrogen-bond donors (Lipinski definition) is 1. The highest BCUT2D eigenvalue weighted by Crippen LogP contribution is 2.28. The molecule has 148 valence electrons. The van der Waals surface area contributed by atoms with Gasteiger partial charge >= 0.3 is 5.97 Å². The Labute approximate surface area is 173 Å². The average molecular weight is 411 g/mol. The van der Waals surface area contributed by atoms with Crippen molar-refractivity contribution < 1.29 is 19.1 Å². The van der Waals surface area contributed by atoms with Crippen LogP contribution in [0.1, 0.15) is 27.6 Å². The molecule has 1 atom stereocenters. The molecular weight excluding hydrogens is 392 g/mol. The summed E-state index contributed by atoms with van der Waals surface area (Å²) in [5.74, 6) is -0.769. The summed E-state index contributed by atoms with van der Waals surface area (Å²) in [6.45, 7) is 1.90. The highest BCUT2D eigenvalue weighted by Gasteiger charge is 2.27. The molecule has 3 aromatic rings. The van der Waals surface area contributed by atoms with E-state index in [-0.39, 0.29) is 10.7 Å². The van der Waals surface area contributed by atoms with Gasteiger partial charge in [0.25, 0.3) is 5.91 Å². The molecule has 0 bridgehead atoms. The Morgan fingerprint density at radius 1 is 1.07 bits per heavy atom. The number of nitrogens with one attached hydrogen (secondary N) is 1. The average Bonchev–Trinajstić information content (AvgIpc) is 2.73. The number of benzene rings is 2. The van der Waals surface area contributed by atoms with Crippen LogP contribution in [0, 0.1) is 6.92 Å². The molecule has 0 aliphatic carbocycles. The molecule has 2 aromatic carbocycles. The minimum atomic E-state index is -1.19. The molecule has 0 fully saturated rings. The van der Waals surface area contributed by atoms with Crippen LogP contribution in [-0.4, -0.2) is 24.0 Å². The quantitative estimate of drug-likeness (QED) is 0.475. The third-order valence-corrected chi connectivity index (χ3v) is 4.46. The zero-order valence-corrected chi connectivity index (χ0v) is 16.6. The number of carbonyl (C=O) groups excluding carboxylic acids is 2. The monoisotopic (exact) mass is 410 g/mol. The summed E-state index contributed by atoms with van der Waals surface area (Å²) >= 11 is 5.99. The lowest BCUT2D eigenvalue weighted by Gasteiger charge is -2.19. The van der Waals surface area contributed by atoms with Crippen LogP contribution in [0.15, 0.2) is 66.9 Å². The maximum absolute atomic E-state index is 13.1. The van der Waals surface area contributed by atoms with Crippen molar-refractivity contribution in [3.05, 3.63) is 88.7 Å². The van der Waals surface area contributed by atoms with E-state index in [1.807, 2.05) is 19.1 Å². The summed E-state index contributed by atoms with van der Waals surface area (Å²) < 4.78 is 10.8. The van der Waals surface area contributed by atoms with E-state index in [1.165, 1.54) is 19.4 Å². The molecule has 29 heavy (non-hydrogen) atoms. The first-order valence-electron chi connectivity index (χ1n) is 8.81. The lowest BCUT2D eigenvalue weighted by atomic mass is 10.1. The molecule has 0 radical (unpaired) electrons. The van der Waals surface area contributed by atoms with Crippen molar-refractivity contribution >= 4 is 29.2 Å². The molecule has 6 nitrogen and oxygen atoms in total. The van der Waals surface area contributed by atoms with E-state index in [0.717, 1.165) is 5.56 Å². The zero-order chi connectivity index (χ0) is 20.8. The molecule has 3 rings (SSSR count). The summed E-state index contributed by atoms with van der Waals surface area (Å²) in [4.78, 5) is 29.6. The second kappa shape index (κ2) is 9.21. The lowest BCUT2D eigenvalue weighted by Crippen LogP contribution is -2.26. The fourth-order valence-corrected chi connectivity index (χ4v) is 2.92. The Morgan fingerprint density at radius 3 is 2.52 bits per heavy atom. The molecule has 1 heterocycles. The normalized spacial score (nSPS) is 11.4. The van der Waals surface area contributed by atoms with Crippen LogP contribution in [0.2, 0.25) is 5.15 Å². The number of pyridine rings is 1. The van der Waals surface area contributed by atoms with Crippen molar-refractivity contribution in [3.8, 4) is 5.75 Å². The van der Waals surface area contributed by atoms with Crippen LogP contribution in [0.25, 0.3) is 0 Å². The molecule has 0 unspecified atom stereocenters. The number of rotatable bonds is 6. The van der Waals surface area contributed by atoms with Gasteiger partial charge in [-0.15, -0.1) is 0 Å². The number of hydrogen-bond acceptors (Lipinski definition) is 5. The number of aromatic nitrogens is 1. The third kappa shape index (κ3) is 4.92. The number of methoxy groups -OCH3 is 1. The smallest absolute Gasteiger partial charge is 0.342 e. The number of amides is 1. The van der Waals surface area contributed by atoms with E-state index >= 15 is 0 Å². The maximum Gasteiger partial charge on any atom is 0.342 e. The summed E-state index contributed by atoms with van der Waals surface area (Å²) in [5.41, 5.74) is 2.02. The second-order valence-corrected chi connectivity index (χ2v) is 6.59. The first kappa shape index (κ1) is 20.4. The highest BCUT2D eigenvalue weighted by molar-refractivity contribution is 6.32. The zero-order valence-electron chi connectivity index (χ0n) is 15.9. The Bertz CT molecular complexity index is 1020. The van der Waals surface area contributed by atoms with E-state index in [0.29, 0.717) is 17.0 Å². The minimum absolute atomic E-state index is 0.00470. The molecule has 0 saturated heterocycles. The van der Waals surface area contributed by atoms with Gasteiger partial charge in [-0.2, -0.15) is 0 Å². The molecule has 0 aliphatic rings. The summed E-state index contributed by atoms with van der Waals surface area (Å²) in [6.07, 6.45) is 0.273. The van der Waals surface area contributed by atoms with Crippen molar-refractivity contribution in [2.75, 3.05) is 12.4 Å². The van der Waals surface area contributed by atoms with E-state index in [1.54, 1.807) is 42.5 Å². The second-order valence-electron chi connectivity index (χ2n) is 6.23. The molecule has 1 N–H and O–H groups in total. The number of aryl methyl sites for hydroxylation is 1. The number of ether oxygens (including phenoxy) is 2. The van der Waals surface area contributed by atoms with Gasteiger partial charge < -0.3 is 14.8 Å². The third-order valence-electron chi connectivity index (χ3n) is 4.16. The van der Waals surface area contributed by atoms with E-state index in [4.69, 9.17) is 21.1 Å². The number of anilines is 1. The van der Waals surface area contributed by atoms with Crippen LogP contribution in [-0.2, 0) is 9.53 Å². The topological polar surface area (TPSA) is 77.5 Å². The maximum atomic E-state index is 13.1. The van der Waals surface area contributed by atoms with Gasteiger partial charge in [0, 0.05) is 11.8 Å². The van der Waals surface area contributed by atoms with Gasteiger partial charge in [0.1, 0.15) is 10.9 Å². The Hall–Kier alpha value is -3.38. The first-order valence-corrected chi connectivity index (χ1v) is 9.19. The van der Waals surface area contributed by atoms with Crippen LogP contribution in [0.5, 0.6) is 5.75 Å². The largest absolute Gasteiger partial charge is 0.495 e. The van der Waals surface area contributed by atoms with Gasteiger partial charge in [-0.1, -0.05) is 48.0 Å². The summed E-state index contributed by atoms with van der Waals surface area (Å²) in [7, 11) is 1.51. The number of nitrogens with zero attached hydrogens (tertiary/aromatic N) is 1. The summed E-state index contributed by atoms with van der Waals surface area (Å²) in [5, 5.41) is 2.79. The first-order chi connectivity index (χ1) is 14.0. The standard InChI is InChI=1S/C22H19ClN2O4/c1-14-10-11-18(28-2)17(13-14)25-21(26)19(15-7-4-3-5-8-15)29-22(27)16-9-6-12-24-20(16)23/h3-13,19H,1-2H3,(H,25,26)/t19-/m1/s1. The van der Waals surface area contributed by atoms with Crippen LogP contribution in [0.4, 0.5) is 5.69 Å². The van der Waals surface area contributed by atoms with Crippen molar-refractivity contribution in [2.45, 2.75) is 13.0 Å². The fourth-order valence-electron chi connectivity index (χ4n) is 2.73. The van der Waals surface area contributed by atoms with E-state index < -0.39 is 18.0 Å². The molecule has 7 heteroatoms. The molecule has 1 amide bonds. The number of carbonyl (C=O) groups is 2. The van der Waals surface area contributed by atoms with Crippen molar-refractivity contribution in [1.29, 1.82) is 0 Å². The van der Waals surface area contributed by atoms with Crippen LogP contribution >= 0.6 is 11.6 Å². The Balaban J connectivity index is 1.90. The Morgan fingerprint density at radius 2 is 1.83 bits per heavy atom. The van der Waals surface area contributed by atoms with Crippen molar-refractivity contribution in [1.82, 2.24) is 4.98 Å². The SMILES string of the molecule is COc1ccc(C)cc1NC(=O)[C@H](OC(=O)c1cccnc1Cl)c1ccccc1. The number of esters is 1. The minimum Gasteiger partial charge on any atom is -0.495 e. The number of halogens is 1. The van der Waals surface area contributed by atoms with Gasteiger partial charge in [-0.25, -0.2) is 9.78 Å². The van der Waals surface area contributed by atoms with Gasteiger partial charge in [-0.05, 0) is 36.8 Å². The molecule has 0 saturated carbocycles.